The molecule has 1 saturated carbocycles. The molecule has 1 atom stereocenters. The van der Waals surface area contributed by atoms with Crippen molar-refractivity contribution >= 4 is 15.9 Å². The lowest BCUT2D eigenvalue weighted by Gasteiger charge is -2.37. The van der Waals surface area contributed by atoms with Crippen LogP contribution in [0.4, 0.5) is 10.1 Å². The van der Waals surface area contributed by atoms with E-state index in [1.807, 2.05) is 0 Å². The van der Waals surface area contributed by atoms with Gasteiger partial charge < -0.3 is 11.1 Å². The van der Waals surface area contributed by atoms with E-state index in [-0.39, 0.29) is 11.9 Å². The molecule has 3 N–H and O–H groups in total. The van der Waals surface area contributed by atoms with Gasteiger partial charge in [-0.15, -0.1) is 0 Å². The Morgan fingerprint density at radius 2 is 2.16 bits per heavy atom. The fourth-order valence-electron chi connectivity index (χ4n) is 3.38. The molecule has 0 radical (unpaired) electrons. The summed E-state index contributed by atoms with van der Waals surface area (Å²) >= 11 is 0. The number of rotatable bonds is 7. The standard InChI is InChI=1S/C17H27FN4O2S/c1-21(12-13-5-6-13)25(23,24)22-10-9-20-11-14(22)7-8-15-16(18)3-2-4-17(15)19/h2-4,13-14,20H,5-12,19H2,1H3/t14-/m0/s1. The molecule has 3 rings (SSSR count). The van der Waals surface area contributed by atoms with E-state index in [0.717, 1.165) is 12.8 Å². The number of halogens is 1. The second-order valence-electron chi connectivity index (χ2n) is 7.05. The van der Waals surface area contributed by atoms with E-state index in [0.29, 0.717) is 56.2 Å². The summed E-state index contributed by atoms with van der Waals surface area (Å²) in [5.41, 5.74) is 6.76. The van der Waals surface area contributed by atoms with Crippen LogP contribution in [-0.2, 0) is 16.6 Å². The minimum absolute atomic E-state index is 0.195. The molecule has 0 aromatic heterocycles. The number of anilines is 1. The van der Waals surface area contributed by atoms with Crippen molar-refractivity contribution in [2.24, 2.45) is 5.92 Å². The largest absolute Gasteiger partial charge is 0.398 e. The van der Waals surface area contributed by atoms with Crippen LogP contribution in [0.5, 0.6) is 0 Å². The highest BCUT2D eigenvalue weighted by Crippen LogP contribution is 2.31. The number of nitrogens with one attached hydrogen (secondary N) is 1. The van der Waals surface area contributed by atoms with Gasteiger partial charge in [-0.05, 0) is 43.7 Å². The minimum atomic E-state index is -3.49. The van der Waals surface area contributed by atoms with Gasteiger partial charge in [-0.25, -0.2) is 4.39 Å². The van der Waals surface area contributed by atoms with Crippen LogP contribution in [-0.4, -0.2) is 56.3 Å². The van der Waals surface area contributed by atoms with Gasteiger partial charge in [0.15, 0.2) is 0 Å². The Labute approximate surface area is 149 Å². The molecule has 25 heavy (non-hydrogen) atoms. The van der Waals surface area contributed by atoms with Crippen molar-refractivity contribution in [2.45, 2.75) is 31.7 Å². The summed E-state index contributed by atoms with van der Waals surface area (Å²) in [4.78, 5) is 0. The third-order valence-corrected chi connectivity index (χ3v) is 7.09. The summed E-state index contributed by atoms with van der Waals surface area (Å²) in [6.45, 7) is 2.23. The zero-order valence-electron chi connectivity index (χ0n) is 14.6. The van der Waals surface area contributed by atoms with Crippen LogP contribution in [0.3, 0.4) is 0 Å². The number of hydrogen-bond acceptors (Lipinski definition) is 4. The van der Waals surface area contributed by atoms with Crippen molar-refractivity contribution in [2.75, 3.05) is 39.0 Å². The van der Waals surface area contributed by atoms with Crippen LogP contribution >= 0.6 is 0 Å². The maximum Gasteiger partial charge on any atom is 0.282 e. The second kappa shape index (κ2) is 7.57. The van der Waals surface area contributed by atoms with E-state index in [4.69, 9.17) is 5.73 Å². The van der Waals surface area contributed by atoms with Crippen LogP contribution in [0.25, 0.3) is 0 Å². The first-order valence-electron chi connectivity index (χ1n) is 8.86. The lowest BCUT2D eigenvalue weighted by atomic mass is 10.0. The van der Waals surface area contributed by atoms with E-state index in [1.54, 1.807) is 23.5 Å². The molecular weight excluding hydrogens is 343 g/mol. The lowest BCUT2D eigenvalue weighted by Crippen LogP contribution is -2.57. The molecule has 0 bridgehead atoms. The van der Waals surface area contributed by atoms with E-state index < -0.39 is 10.2 Å². The molecule has 1 saturated heterocycles. The van der Waals surface area contributed by atoms with Gasteiger partial charge in [0, 0.05) is 50.5 Å². The molecule has 6 nitrogen and oxygen atoms in total. The Bertz CT molecular complexity index is 688. The topological polar surface area (TPSA) is 78.7 Å². The lowest BCUT2D eigenvalue weighted by molar-refractivity contribution is 0.238. The summed E-state index contributed by atoms with van der Waals surface area (Å²) in [6, 6.07) is 4.46. The van der Waals surface area contributed by atoms with E-state index in [2.05, 4.69) is 5.32 Å². The summed E-state index contributed by atoms with van der Waals surface area (Å²) in [6.07, 6.45) is 3.17. The smallest absolute Gasteiger partial charge is 0.282 e. The Kier molecular flexibility index (Phi) is 5.62. The maximum atomic E-state index is 14.0. The summed E-state index contributed by atoms with van der Waals surface area (Å²) < 4.78 is 42.9. The first-order valence-corrected chi connectivity index (χ1v) is 10.3. The van der Waals surface area contributed by atoms with Gasteiger partial charge in [0.05, 0.1) is 0 Å². The van der Waals surface area contributed by atoms with Crippen LogP contribution in [0, 0.1) is 11.7 Å². The average Bonchev–Trinajstić information content (AvgIpc) is 3.38. The quantitative estimate of drug-likeness (QED) is 0.707. The normalized spacial score (nSPS) is 22.4. The van der Waals surface area contributed by atoms with Crippen molar-refractivity contribution in [1.29, 1.82) is 0 Å². The molecule has 1 aromatic rings. The van der Waals surface area contributed by atoms with Crippen LogP contribution in [0.15, 0.2) is 18.2 Å². The van der Waals surface area contributed by atoms with Crippen LogP contribution in [0.2, 0.25) is 0 Å². The minimum Gasteiger partial charge on any atom is -0.398 e. The molecule has 8 heteroatoms. The van der Waals surface area contributed by atoms with E-state index in [9.17, 15) is 12.8 Å². The maximum absolute atomic E-state index is 14.0. The van der Waals surface area contributed by atoms with Gasteiger partial charge in [-0.1, -0.05) is 6.07 Å². The van der Waals surface area contributed by atoms with Gasteiger partial charge >= 0.3 is 0 Å². The summed E-state index contributed by atoms with van der Waals surface area (Å²) in [7, 11) is -1.83. The Balaban J connectivity index is 1.70. The van der Waals surface area contributed by atoms with Crippen molar-refractivity contribution < 1.29 is 12.8 Å². The Morgan fingerprint density at radius 3 is 2.84 bits per heavy atom. The molecule has 1 aromatic carbocycles. The molecule has 140 valence electrons. The average molecular weight is 370 g/mol. The van der Waals surface area contributed by atoms with Crippen LogP contribution < -0.4 is 11.1 Å². The zero-order valence-corrected chi connectivity index (χ0v) is 15.4. The van der Waals surface area contributed by atoms with Gasteiger partial charge in [0.1, 0.15) is 5.82 Å². The number of hydrogen-bond donors (Lipinski definition) is 2. The molecule has 1 aliphatic heterocycles. The SMILES string of the molecule is CN(CC1CC1)S(=O)(=O)N1CCNC[C@@H]1CCc1c(N)cccc1F. The Hall–Kier alpha value is -1.22. The second-order valence-corrected chi connectivity index (χ2v) is 9.03. The van der Waals surface area contributed by atoms with Crippen LogP contribution in [0.1, 0.15) is 24.8 Å². The predicted octanol–water partition coefficient (Wildman–Crippen LogP) is 1.20. The first-order chi connectivity index (χ1) is 11.9. The predicted molar refractivity (Wildman–Crippen MR) is 96.8 cm³/mol. The number of benzene rings is 1. The zero-order chi connectivity index (χ0) is 18.0. The van der Waals surface area contributed by atoms with Gasteiger partial charge in [-0.3, -0.25) is 0 Å². The van der Waals surface area contributed by atoms with Gasteiger partial charge in [0.2, 0.25) is 0 Å². The van der Waals surface area contributed by atoms with Crippen molar-refractivity contribution in [1.82, 2.24) is 13.9 Å². The Morgan fingerprint density at radius 1 is 1.40 bits per heavy atom. The third-order valence-electron chi connectivity index (χ3n) is 5.08. The third kappa shape index (κ3) is 4.31. The van der Waals surface area contributed by atoms with Crippen molar-refractivity contribution in [3.63, 3.8) is 0 Å². The molecule has 2 fully saturated rings. The highest BCUT2D eigenvalue weighted by atomic mass is 32.2. The van der Waals surface area contributed by atoms with Crippen molar-refractivity contribution in [3.8, 4) is 0 Å². The fourth-order valence-corrected chi connectivity index (χ4v) is 5.02. The molecular formula is C17H27FN4O2S. The van der Waals surface area contributed by atoms with E-state index in [1.165, 1.54) is 10.4 Å². The molecule has 0 unspecified atom stereocenters. The highest BCUT2D eigenvalue weighted by Gasteiger charge is 2.37. The molecule has 1 aliphatic carbocycles. The first kappa shape index (κ1) is 18.6. The van der Waals surface area contributed by atoms with Gasteiger partial charge in [0.25, 0.3) is 10.2 Å². The monoisotopic (exact) mass is 370 g/mol. The van der Waals surface area contributed by atoms with Gasteiger partial charge in [-0.2, -0.15) is 17.0 Å². The number of nitrogens with zero attached hydrogens (tertiary/aromatic N) is 2. The summed E-state index contributed by atoms with van der Waals surface area (Å²) in [5.74, 6) is 0.170. The van der Waals surface area contributed by atoms with Crippen molar-refractivity contribution in [3.05, 3.63) is 29.6 Å². The van der Waals surface area contributed by atoms with E-state index >= 15 is 0 Å². The molecule has 0 spiro atoms. The molecule has 1 heterocycles. The number of nitrogen functional groups attached to an aromatic ring is 1. The highest BCUT2D eigenvalue weighted by molar-refractivity contribution is 7.86. The number of nitrogens with two attached hydrogens (primary N) is 1. The number of piperazine rings is 1. The molecule has 0 amide bonds. The molecule has 2 aliphatic rings. The summed E-state index contributed by atoms with van der Waals surface area (Å²) in [5, 5.41) is 3.24. The fraction of sp³-hybridized carbons (Fsp3) is 0.647.